The Kier molecular flexibility index (Phi) is 5.21. The molecule has 1 fully saturated rings. The molecule has 0 spiro atoms. The minimum Gasteiger partial charge on any atom is -0.470 e. The quantitative estimate of drug-likeness (QED) is 0.834. The van der Waals surface area contributed by atoms with Crippen molar-refractivity contribution in [3.05, 3.63) is 53.5 Å². The normalized spacial score (nSPS) is 16.9. The van der Waals surface area contributed by atoms with E-state index in [4.69, 9.17) is 4.74 Å². The number of carbonyl (C=O) groups excluding carboxylic acids is 1. The van der Waals surface area contributed by atoms with E-state index in [0.717, 1.165) is 0 Å². The van der Waals surface area contributed by atoms with Gasteiger partial charge in [-0.2, -0.15) is 9.37 Å². The lowest BCUT2D eigenvalue weighted by Gasteiger charge is -2.17. The van der Waals surface area contributed by atoms with Gasteiger partial charge in [-0.1, -0.05) is 25.1 Å². The van der Waals surface area contributed by atoms with Crippen LogP contribution in [0.4, 0.5) is 8.78 Å². The second kappa shape index (κ2) is 7.55. The average Bonchev–Trinajstić information content (AvgIpc) is 3.07. The number of halogens is 2. The molecule has 7 heteroatoms. The summed E-state index contributed by atoms with van der Waals surface area (Å²) in [6, 6.07) is 6.22. The molecule has 132 valence electrons. The molecule has 5 nitrogen and oxygen atoms in total. The Hall–Kier alpha value is -2.57. The number of likely N-dealkylation sites (tertiary alicyclic amines) is 1. The number of hydrogen-bond acceptors (Lipinski definition) is 4. The van der Waals surface area contributed by atoms with Gasteiger partial charge in [0.25, 0.3) is 5.88 Å². The van der Waals surface area contributed by atoms with E-state index in [1.807, 2.05) is 0 Å². The number of rotatable bonds is 5. The van der Waals surface area contributed by atoms with Crippen LogP contribution in [0.1, 0.15) is 24.6 Å². The topological polar surface area (TPSA) is 55.3 Å². The van der Waals surface area contributed by atoms with E-state index < -0.39 is 11.6 Å². The molecule has 2 heterocycles. The Morgan fingerprint density at radius 3 is 2.88 bits per heavy atom. The average molecular weight is 347 g/mol. The minimum atomic E-state index is -0.555. The number of aromatic nitrogens is 2. The van der Waals surface area contributed by atoms with Crippen molar-refractivity contribution in [3.63, 3.8) is 0 Å². The van der Waals surface area contributed by atoms with E-state index in [1.165, 1.54) is 12.4 Å². The molecule has 0 N–H and O–H groups in total. The zero-order chi connectivity index (χ0) is 17.8. The summed E-state index contributed by atoms with van der Waals surface area (Å²) < 4.78 is 33.4. The van der Waals surface area contributed by atoms with Crippen LogP contribution in [0.3, 0.4) is 0 Å². The van der Waals surface area contributed by atoms with E-state index in [0.29, 0.717) is 37.2 Å². The maximum atomic E-state index is 14.1. The summed E-state index contributed by atoms with van der Waals surface area (Å²) in [4.78, 5) is 21.6. The molecule has 1 unspecified atom stereocenters. The third kappa shape index (κ3) is 3.92. The molecule has 25 heavy (non-hydrogen) atoms. The number of benzene rings is 1. The Morgan fingerprint density at radius 1 is 1.32 bits per heavy atom. The van der Waals surface area contributed by atoms with Crippen molar-refractivity contribution >= 4 is 5.91 Å². The van der Waals surface area contributed by atoms with E-state index >= 15 is 0 Å². The Labute approximate surface area is 144 Å². The molecule has 1 aliphatic heterocycles. The third-order valence-electron chi connectivity index (χ3n) is 4.24. The highest BCUT2D eigenvalue weighted by molar-refractivity contribution is 5.79. The van der Waals surface area contributed by atoms with Crippen molar-refractivity contribution in [1.29, 1.82) is 0 Å². The third-order valence-corrected chi connectivity index (χ3v) is 4.24. The Morgan fingerprint density at radius 2 is 2.12 bits per heavy atom. The smallest absolute Gasteiger partial charge is 0.254 e. The Balaban J connectivity index is 1.60. The highest BCUT2D eigenvalue weighted by atomic mass is 19.1. The van der Waals surface area contributed by atoms with Gasteiger partial charge in [0.2, 0.25) is 11.7 Å². The zero-order valence-electron chi connectivity index (χ0n) is 13.9. The van der Waals surface area contributed by atoms with Gasteiger partial charge >= 0.3 is 0 Å². The first kappa shape index (κ1) is 17.3. The SMILES string of the molecule is CCc1ncnc(OC2CCN(C(=O)Cc3ccccc3F)C2)c1F. The van der Waals surface area contributed by atoms with Crippen LogP contribution in [0.5, 0.6) is 5.88 Å². The summed E-state index contributed by atoms with van der Waals surface area (Å²) in [5.41, 5.74) is 0.668. The first-order valence-electron chi connectivity index (χ1n) is 8.25. The molecule has 0 saturated carbocycles. The zero-order valence-corrected chi connectivity index (χ0v) is 13.9. The minimum absolute atomic E-state index is 0.00123. The van der Waals surface area contributed by atoms with Crippen molar-refractivity contribution in [2.45, 2.75) is 32.3 Å². The van der Waals surface area contributed by atoms with Crippen LogP contribution < -0.4 is 4.74 Å². The van der Waals surface area contributed by atoms with Gasteiger partial charge in [0.05, 0.1) is 18.7 Å². The monoisotopic (exact) mass is 347 g/mol. The van der Waals surface area contributed by atoms with E-state index in [2.05, 4.69) is 9.97 Å². The van der Waals surface area contributed by atoms with Gasteiger partial charge in [-0.25, -0.2) is 9.37 Å². The van der Waals surface area contributed by atoms with E-state index in [-0.39, 0.29) is 24.3 Å². The maximum absolute atomic E-state index is 14.1. The van der Waals surface area contributed by atoms with Crippen LogP contribution in [-0.4, -0.2) is 40.0 Å². The molecule has 1 atom stereocenters. The van der Waals surface area contributed by atoms with Gasteiger partial charge in [-0.15, -0.1) is 0 Å². The van der Waals surface area contributed by atoms with Crippen molar-refractivity contribution in [2.24, 2.45) is 0 Å². The molecule has 1 aromatic heterocycles. The van der Waals surface area contributed by atoms with Crippen molar-refractivity contribution < 1.29 is 18.3 Å². The fourth-order valence-electron chi connectivity index (χ4n) is 2.84. The highest BCUT2D eigenvalue weighted by Crippen LogP contribution is 2.21. The van der Waals surface area contributed by atoms with Crippen LogP contribution in [0, 0.1) is 11.6 Å². The van der Waals surface area contributed by atoms with Crippen LogP contribution in [0.25, 0.3) is 0 Å². The van der Waals surface area contributed by atoms with Crippen molar-refractivity contribution in [1.82, 2.24) is 14.9 Å². The molecular formula is C18H19F2N3O2. The molecule has 1 saturated heterocycles. The second-order valence-corrected chi connectivity index (χ2v) is 5.93. The van der Waals surface area contributed by atoms with Crippen LogP contribution in [0.2, 0.25) is 0 Å². The van der Waals surface area contributed by atoms with Crippen LogP contribution in [0.15, 0.2) is 30.6 Å². The van der Waals surface area contributed by atoms with Gasteiger partial charge in [-0.05, 0) is 18.1 Å². The molecule has 0 aliphatic carbocycles. The lowest BCUT2D eigenvalue weighted by molar-refractivity contribution is -0.129. The summed E-state index contributed by atoms with van der Waals surface area (Å²) in [7, 11) is 0. The van der Waals surface area contributed by atoms with Gasteiger partial charge in [0, 0.05) is 13.0 Å². The molecule has 2 aromatic rings. The largest absolute Gasteiger partial charge is 0.470 e. The Bertz CT molecular complexity index is 770. The fourth-order valence-corrected chi connectivity index (χ4v) is 2.84. The van der Waals surface area contributed by atoms with Crippen molar-refractivity contribution in [2.75, 3.05) is 13.1 Å². The van der Waals surface area contributed by atoms with Gasteiger partial charge in [-0.3, -0.25) is 4.79 Å². The van der Waals surface area contributed by atoms with E-state index in [9.17, 15) is 13.6 Å². The molecule has 3 rings (SSSR count). The summed E-state index contributed by atoms with van der Waals surface area (Å²) in [5, 5.41) is 0. The first-order valence-corrected chi connectivity index (χ1v) is 8.25. The highest BCUT2D eigenvalue weighted by Gasteiger charge is 2.29. The molecule has 1 amide bonds. The van der Waals surface area contributed by atoms with E-state index in [1.54, 1.807) is 30.0 Å². The number of aryl methyl sites for hydroxylation is 1. The van der Waals surface area contributed by atoms with Gasteiger partial charge < -0.3 is 9.64 Å². The summed E-state index contributed by atoms with van der Waals surface area (Å²) in [6.07, 6.45) is 1.96. The number of nitrogens with zero attached hydrogens (tertiary/aromatic N) is 3. The summed E-state index contributed by atoms with van der Waals surface area (Å²) in [6.45, 7) is 2.62. The first-order chi connectivity index (χ1) is 12.1. The maximum Gasteiger partial charge on any atom is 0.254 e. The molecule has 0 radical (unpaired) electrons. The lowest BCUT2D eigenvalue weighted by Crippen LogP contribution is -2.32. The molecular weight excluding hydrogens is 328 g/mol. The molecule has 1 aliphatic rings. The number of amides is 1. The van der Waals surface area contributed by atoms with Crippen LogP contribution in [-0.2, 0) is 17.6 Å². The standard InChI is InChI=1S/C18H19F2N3O2/c1-2-15-17(20)18(22-11-21-15)25-13-7-8-23(10-13)16(24)9-12-5-3-4-6-14(12)19/h3-6,11,13H,2,7-10H2,1H3. The number of ether oxygens (including phenoxy) is 1. The summed E-state index contributed by atoms with van der Waals surface area (Å²) in [5.74, 6) is -1.20. The number of hydrogen-bond donors (Lipinski definition) is 0. The van der Waals surface area contributed by atoms with Gasteiger partial charge in [0.1, 0.15) is 18.2 Å². The molecule has 0 bridgehead atoms. The van der Waals surface area contributed by atoms with Gasteiger partial charge in [0.15, 0.2) is 0 Å². The predicted molar refractivity (Wildman–Crippen MR) is 87.1 cm³/mol. The predicted octanol–water partition coefficient (Wildman–Crippen LogP) is 2.54. The number of carbonyl (C=O) groups is 1. The van der Waals surface area contributed by atoms with Crippen LogP contribution >= 0.6 is 0 Å². The lowest BCUT2D eigenvalue weighted by atomic mass is 10.1. The molecule has 1 aromatic carbocycles. The fraction of sp³-hybridized carbons (Fsp3) is 0.389. The second-order valence-electron chi connectivity index (χ2n) is 5.93. The summed E-state index contributed by atoms with van der Waals surface area (Å²) >= 11 is 0. The van der Waals surface area contributed by atoms with Crippen molar-refractivity contribution in [3.8, 4) is 5.88 Å².